The van der Waals surface area contributed by atoms with Crippen LogP contribution < -0.4 is 0 Å². The average molecular weight is 234 g/mol. The third-order valence-corrected chi connectivity index (χ3v) is 4.19. The molecule has 0 saturated heterocycles. The summed E-state index contributed by atoms with van der Waals surface area (Å²) < 4.78 is 1.01. The minimum absolute atomic E-state index is 0.563. The Labute approximate surface area is 107 Å². The molecule has 0 heterocycles. The first-order chi connectivity index (χ1) is 7.89. The van der Waals surface area contributed by atoms with Crippen LogP contribution in [0.1, 0.15) is 47.5 Å². The summed E-state index contributed by atoms with van der Waals surface area (Å²) in [6.45, 7) is 15.2. The zero-order chi connectivity index (χ0) is 13.2. The minimum Gasteiger partial charge on any atom is -0.266 e. The van der Waals surface area contributed by atoms with E-state index in [4.69, 9.17) is 0 Å². The summed E-state index contributed by atoms with van der Waals surface area (Å²) >= 11 is 0. The quantitative estimate of drug-likeness (QED) is 0.480. The first-order valence-corrected chi connectivity index (χ1v) is 6.73. The molecule has 0 aromatic heterocycles. The van der Waals surface area contributed by atoms with Crippen LogP contribution in [0.25, 0.3) is 0 Å². The predicted octanol–water partition coefficient (Wildman–Crippen LogP) is 4.64. The average Bonchev–Trinajstić information content (AvgIpc) is 3.10. The fraction of sp³-hybridized carbons (Fsp3) is 0.625. The Morgan fingerprint density at radius 1 is 1.29 bits per heavy atom. The highest BCUT2D eigenvalue weighted by molar-refractivity contribution is 5.21. The molecule has 0 radical (unpaired) electrons. The number of rotatable bonds is 5. The summed E-state index contributed by atoms with van der Waals surface area (Å²) in [6.07, 6.45) is 6.97. The molecule has 1 saturated carbocycles. The van der Waals surface area contributed by atoms with E-state index >= 15 is 0 Å². The molecule has 0 amide bonds. The summed E-state index contributed by atoms with van der Waals surface area (Å²) in [7, 11) is 2.37. The number of hydrogen-bond donors (Lipinski definition) is 0. The van der Waals surface area contributed by atoms with Gasteiger partial charge in [-0.25, -0.2) is 0 Å². The summed E-state index contributed by atoms with van der Waals surface area (Å²) in [5.41, 5.74) is 4.33. The molecular formula is C16H28N+. The van der Waals surface area contributed by atoms with Gasteiger partial charge < -0.3 is 0 Å². The standard InChI is InChI=1S/C16H28N/c1-8-13(5)16(12(3)4)17(7,14(6)9-2)15-10-11-15/h8-9,12,15H,1,10-11H2,2-7H3/q+1/b14-9+,16-13-/t17-/m1/s1. The molecule has 1 rings (SSSR count). The van der Waals surface area contributed by atoms with E-state index in [1.165, 1.54) is 29.8 Å². The van der Waals surface area contributed by atoms with Gasteiger partial charge in [-0.1, -0.05) is 26.5 Å². The molecule has 1 heteroatoms. The van der Waals surface area contributed by atoms with Gasteiger partial charge in [0.15, 0.2) is 0 Å². The maximum absolute atomic E-state index is 3.95. The number of allylic oxidation sites excluding steroid dienone is 5. The third kappa shape index (κ3) is 2.55. The smallest absolute Gasteiger partial charge is 0.119 e. The second kappa shape index (κ2) is 5.22. The molecule has 1 nitrogen and oxygen atoms in total. The molecule has 0 bridgehead atoms. The van der Waals surface area contributed by atoms with Crippen LogP contribution >= 0.6 is 0 Å². The van der Waals surface area contributed by atoms with Gasteiger partial charge in [0.25, 0.3) is 0 Å². The van der Waals surface area contributed by atoms with Crippen LogP contribution in [0.15, 0.2) is 35.7 Å². The Morgan fingerprint density at radius 3 is 2.12 bits per heavy atom. The highest BCUT2D eigenvalue weighted by atomic mass is 15.4. The van der Waals surface area contributed by atoms with Crippen molar-refractivity contribution in [1.29, 1.82) is 0 Å². The van der Waals surface area contributed by atoms with Gasteiger partial charge in [-0.05, 0) is 19.9 Å². The van der Waals surface area contributed by atoms with Gasteiger partial charge in [0.2, 0.25) is 0 Å². The van der Waals surface area contributed by atoms with Crippen molar-refractivity contribution in [1.82, 2.24) is 0 Å². The van der Waals surface area contributed by atoms with Gasteiger partial charge in [-0.3, -0.25) is 4.48 Å². The first kappa shape index (κ1) is 14.2. The molecular weight excluding hydrogens is 206 g/mol. The largest absolute Gasteiger partial charge is 0.266 e. The molecule has 1 atom stereocenters. The lowest BCUT2D eigenvalue weighted by Gasteiger charge is -2.39. The van der Waals surface area contributed by atoms with Crippen molar-refractivity contribution < 1.29 is 4.48 Å². The fourth-order valence-corrected chi connectivity index (χ4v) is 3.00. The summed E-state index contributed by atoms with van der Waals surface area (Å²) in [5, 5.41) is 0. The molecule has 17 heavy (non-hydrogen) atoms. The van der Waals surface area contributed by atoms with E-state index in [0.29, 0.717) is 5.92 Å². The van der Waals surface area contributed by atoms with Crippen molar-refractivity contribution in [2.24, 2.45) is 5.92 Å². The van der Waals surface area contributed by atoms with Crippen LogP contribution in [0, 0.1) is 5.92 Å². The third-order valence-electron chi connectivity index (χ3n) is 4.19. The van der Waals surface area contributed by atoms with Crippen molar-refractivity contribution in [2.75, 3.05) is 7.05 Å². The van der Waals surface area contributed by atoms with E-state index in [1.807, 2.05) is 6.08 Å². The Kier molecular flexibility index (Phi) is 4.37. The SMILES string of the molecule is C=C/C(C)=C(/C(C)C)[N@+](C)(/C(C)=C/C)C1CC1. The van der Waals surface area contributed by atoms with Crippen LogP contribution in [0.5, 0.6) is 0 Å². The highest BCUT2D eigenvalue weighted by Crippen LogP contribution is 2.43. The second-order valence-corrected chi connectivity index (χ2v) is 5.66. The molecule has 1 fully saturated rings. The molecule has 0 aliphatic heterocycles. The lowest BCUT2D eigenvalue weighted by molar-refractivity contribution is -0.849. The Morgan fingerprint density at radius 2 is 1.82 bits per heavy atom. The monoisotopic (exact) mass is 234 g/mol. The molecule has 0 unspecified atom stereocenters. The number of quaternary nitrogens is 1. The Hall–Kier alpha value is -0.820. The topological polar surface area (TPSA) is 0 Å². The number of hydrogen-bond acceptors (Lipinski definition) is 0. The van der Waals surface area contributed by atoms with Crippen molar-refractivity contribution in [3.05, 3.63) is 35.7 Å². The molecule has 1 aliphatic carbocycles. The van der Waals surface area contributed by atoms with Crippen molar-refractivity contribution in [2.45, 2.75) is 53.5 Å². The predicted molar refractivity (Wildman–Crippen MR) is 76.4 cm³/mol. The Bertz CT molecular complexity index is 356. The van der Waals surface area contributed by atoms with E-state index in [-0.39, 0.29) is 0 Å². The van der Waals surface area contributed by atoms with Crippen molar-refractivity contribution >= 4 is 0 Å². The van der Waals surface area contributed by atoms with E-state index < -0.39 is 0 Å². The summed E-state index contributed by atoms with van der Waals surface area (Å²) in [4.78, 5) is 0. The normalized spacial score (nSPS) is 22.2. The molecule has 96 valence electrons. The second-order valence-electron chi connectivity index (χ2n) is 5.66. The highest BCUT2D eigenvalue weighted by Gasteiger charge is 2.47. The zero-order valence-electron chi connectivity index (χ0n) is 12.4. The minimum atomic E-state index is 0.563. The van der Waals surface area contributed by atoms with Gasteiger partial charge in [0, 0.05) is 31.3 Å². The van der Waals surface area contributed by atoms with E-state index in [0.717, 1.165) is 10.5 Å². The lowest BCUT2D eigenvalue weighted by Crippen LogP contribution is -2.45. The molecule has 0 aromatic carbocycles. The van der Waals surface area contributed by atoms with Crippen LogP contribution in [-0.2, 0) is 0 Å². The van der Waals surface area contributed by atoms with Crippen LogP contribution in [-0.4, -0.2) is 17.6 Å². The molecule has 0 aromatic rings. The fourth-order valence-electron chi connectivity index (χ4n) is 3.00. The van der Waals surface area contributed by atoms with Gasteiger partial charge in [0.1, 0.15) is 11.4 Å². The van der Waals surface area contributed by atoms with Gasteiger partial charge in [0.05, 0.1) is 13.1 Å². The summed E-state index contributed by atoms with van der Waals surface area (Å²) in [5.74, 6) is 0.563. The lowest BCUT2D eigenvalue weighted by atomic mass is 10.00. The van der Waals surface area contributed by atoms with Gasteiger partial charge in [-0.15, -0.1) is 0 Å². The van der Waals surface area contributed by atoms with Gasteiger partial charge >= 0.3 is 0 Å². The molecule has 1 aliphatic rings. The van der Waals surface area contributed by atoms with Crippen LogP contribution in [0.3, 0.4) is 0 Å². The van der Waals surface area contributed by atoms with Crippen molar-refractivity contribution in [3.8, 4) is 0 Å². The van der Waals surface area contributed by atoms with E-state index in [9.17, 15) is 0 Å². The maximum Gasteiger partial charge on any atom is 0.119 e. The van der Waals surface area contributed by atoms with Crippen LogP contribution in [0.2, 0.25) is 0 Å². The molecule has 0 N–H and O–H groups in total. The summed E-state index contributed by atoms with van der Waals surface area (Å²) in [6, 6.07) is 0.776. The van der Waals surface area contributed by atoms with Crippen LogP contribution in [0.4, 0.5) is 0 Å². The zero-order valence-corrected chi connectivity index (χ0v) is 12.4. The molecule has 0 spiro atoms. The van der Waals surface area contributed by atoms with Crippen molar-refractivity contribution in [3.63, 3.8) is 0 Å². The Balaban J connectivity index is 3.35. The number of nitrogens with zero attached hydrogens (tertiary/aromatic N) is 1. The van der Waals surface area contributed by atoms with Gasteiger partial charge in [-0.2, -0.15) is 0 Å². The van der Waals surface area contributed by atoms with E-state index in [2.05, 4.69) is 54.3 Å². The maximum atomic E-state index is 3.95. The van der Waals surface area contributed by atoms with E-state index in [1.54, 1.807) is 0 Å². The first-order valence-electron chi connectivity index (χ1n) is 6.73.